The first-order chi connectivity index (χ1) is 9.70. The topological polar surface area (TPSA) is 26.3 Å². The van der Waals surface area contributed by atoms with Gasteiger partial charge in [-0.1, -0.05) is 50.2 Å². The Bertz CT molecular complexity index is 674. The molecule has 0 radical (unpaired) electrons. The third-order valence-corrected chi connectivity index (χ3v) is 7.30. The first-order valence-electron chi connectivity index (χ1n) is 7.19. The highest BCUT2D eigenvalue weighted by molar-refractivity contribution is 7.68. The summed E-state index contributed by atoms with van der Waals surface area (Å²) in [5, 5.41) is 0.882. The maximum Gasteiger partial charge on any atom is 0.280 e. The lowest BCUT2D eigenvalue weighted by atomic mass is 10.0. The molecule has 0 bridgehead atoms. The van der Waals surface area contributed by atoms with Gasteiger partial charge in [0.15, 0.2) is 0 Å². The molecule has 3 heteroatoms. The molecule has 2 aromatic carbocycles. The SMILES string of the molecule is CCC(CC)P1(=O)Oc2ccccc2-c2ccccc21. The van der Waals surface area contributed by atoms with Crippen molar-refractivity contribution >= 4 is 12.7 Å². The van der Waals surface area contributed by atoms with E-state index in [1.807, 2.05) is 48.5 Å². The molecule has 0 saturated heterocycles. The van der Waals surface area contributed by atoms with Crippen molar-refractivity contribution in [1.29, 1.82) is 0 Å². The zero-order chi connectivity index (χ0) is 14.2. The van der Waals surface area contributed by atoms with Gasteiger partial charge in [0.25, 0.3) is 7.37 Å². The molecule has 2 aromatic rings. The fourth-order valence-electron chi connectivity index (χ4n) is 2.98. The van der Waals surface area contributed by atoms with Crippen molar-refractivity contribution in [3.05, 3.63) is 48.5 Å². The van der Waals surface area contributed by atoms with Gasteiger partial charge >= 0.3 is 0 Å². The summed E-state index contributed by atoms with van der Waals surface area (Å²) in [6.45, 7) is 4.17. The Kier molecular flexibility index (Phi) is 3.43. The van der Waals surface area contributed by atoms with Gasteiger partial charge in [0.1, 0.15) is 5.75 Å². The van der Waals surface area contributed by atoms with Gasteiger partial charge < -0.3 is 4.52 Å². The highest BCUT2D eigenvalue weighted by Gasteiger charge is 2.40. The van der Waals surface area contributed by atoms with Crippen LogP contribution in [0.5, 0.6) is 5.75 Å². The van der Waals surface area contributed by atoms with Crippen molar-refractivity contribution in [3.8, 4) is 16.9 Å². The Labute approximate surface area is 120 Å². The largest absolute Gasteiger partial charge is 0.439 e. The molecule has 0 spiro atoms. The predicted octanol–water partition coefficient (Wildman–Crippen LogP) is 4.84. The van der Waals surface area contributed by atoms with E-state index in [4.69, 9.17) is 4.52 Å². The average molecular weight is 286 g/mol. The van der Waals surface area contributed by atoms with E-state index in [2.05, 4.69) is 13.8 Å². The fourth-order valence-corrected chi connectivity index (χ4v) is 5.86. The number of hydrogen-bond acceptors (Lipinski definition) is 2. The maximum atomic E-state index is 13.6. The number of hydrogen-bond donors (Lipinski definition) is 0. The molecule has 1 aliphatic heterocycles. The Morgan fingerprint density at radius 3 is 2.25 bits per heavy atom. The van der Waals surface area contributed by atoms with Crippen LogP contribution in [0.15, 0.2) is 48.5 Å². The summed E-state index contributed by atoms with van der Waals surface area (Å²) in [4.78, 5) is 0. The molecule has 0 amide bonds. The Morgan fingerprint density at radius 2 is 1.55 bits per heavy atom. The van der Waals surface area contributed by atoms with E-state index in [0.29, 0.717) is 0 Å². The summed E-state index contributed by atoms with van der Waals surface area (Å²) in [6, 6.07) is 15.8. The second-order valence-electron chi connectivity index (χ2n) is 5.17. The minimum Gasteiger partial charge on any atom is -0.439 e. The lowest BCUT2D eigenvalue weighted by Gasteiger charge is -2.33. The highest BCUT2D eigenvalue weighted by atomic mass is 31.2. The molecule has 2 nitrogen and oxygen atoms in total. The lowest BCUT2D eigenvalue weighted by Crippen LogP contribution is -2.25. The Hall–Kier alpha value is -1.53. The van der Waals surface area contributed by atoms with E-state index in [0.717, 1.165) is 35.0 Å². The van der Waals surface area contributed by atoms with Gasteiger partial charge in [0.2, 0.25) is 0 Å². The van der Waals surface area contributed by atoms with Crippen molar-refractivity contribution in [3.63, 3.8) is 0 Å². The van der Waals surface area contributed by atoms with E-state index < -0.39 is 7.37 Å². The summed E-state index contributed by atoms with van der Waals surface area (Å²) in [7, 11) is -2.85. The molecule has 1 aliphatic rings. The number of rotatable bonds is 3. The molecule has 0 aliphatic carbocycles. The quantitative estimate of drug-likeness (QED) is 0.755. The van der Waals surface area contributed by atoms with Crippen molar-refractivity contribution < 1.29 is 9.09 Å². The summed E-state index contributed by atoms with van der Waals surface area (Å²) in [5.74, 6) is 0.751. The van der Waals surface area contributed by atoms with Crippen LogP contribution in [0.2, 0.25) is 0 Å². The minimum atomic E-state index is -2.85. The molecule has 0 fully saturated rings. The number of fused-ring (bicyclic) bond motifs is 3. The van der Waals surface area contributed by atoms with Gasteiger partial charge in [-0.2, -0.15) is 0 Å². The monoisotopic (exact) mass is 286 g/mol. The molecular formula is C17H19O2P. The van der Waals surface area contributed by atoms with Crippen molar-refractivity contribution in [2.45, 2.75) is 32.3 Å². The van der Waals surface area contributed by atoms with Crippen molar-refractivity contribution in [2.75, 3.05) is 0 Å². The smallest absolute Gasteiger partial charge is 0.280 e. The normalized spacial score (nSPS) is 20.1. The van der Waals surface area contributed by atoms with E-state index in [1.165, 1.54) is 0 Å². The molecule has 1 heterocycles. The van der Waals surface area contributed by atoms with E-state index in [1.54, 1.807) is 0 Å². The van der Waals surface area contributed by atoms with E-state index in [-0.39, 0.29) is 5.66 Å². The number of benzene rings is 2. The van der Waals surface area contributed by atoms with Crippen LogP contribution in [0.3, 0.4) is 0 Å². The molecule has 0 N–H and O–H groups in total. The Morgan fingerprint density at radius 1 is 0.950 bits per heavy atom. The molecule has 0 saturated carbocycles. The molecule has 1 unspecified atom stereocenters. The van der Waals surface area contributed by atoms with Crippen LogP contribution in [0, 0.1) is 0 Å². The summed E-state index contributed by atoms with van der Waals surface area (Å²) in [6.07, 6.45) is 1.73. The summed E-state index contributed by atoms with van der Waals surface area (Å²) >= 11 is 0. The summed E-state index contributed by atoms with van der Waals surface area (Å²) < 4.78 is 19.6. The van der Waals surface area contributed by atoms with Crippen molar-refractivity contribution in [1.82, 2.24) is 0 Å². The second kappa shape index (κ2) is 5.10. The molecular weight excluding hydrogens is 267 g/mol. The zero-order valence-corrected chi connectivity index (χ0v) is 12.8. The van der Waals surface area contributed by atoms with Crippen LogP contribution >= 0.6 is 7.37 Å². The van der Waals surface area contributed by atoms with Gasteiger partial charge in [0, 0.05) is 5.56 Å². The van der Waals surface area contributed by atoms with Crippen LogP contribution < -0.4 is 9.83 Å². The zero-order valence-electron chi connectivity index (χ0n) is 11.9. The van der Waals surface area contributed by atoms with E-state index >= 15 is 0 Å². The van der Waals surface area contributed by atoms with Crippen LogP contribution in [-0.2, 0) is 4.57 Å². The van der Waals surface area contributed by atoms with Gasteiger partial charge in [-0.15, -0.1) is 0 Å². The van der Waals surface area contributed by atoms with Crippen LogP contribution in [0.25, 0.3) is 11.1 Å². The van der Waals surface area contributed by atoms with Gasteiger partial charge in [-0.05, 0) is 30.5 Å². The molecule has 20 heavy (non-hydrogen) atoms. The molecule has 104 valence electrons. The standard InChI is InChI=1S/C17H19O2P/c1-3-13(4-2)20(18)17-12-8-6-10-15(17)14-9-5-7-11-16(14)19-20/h5-13H,3-4H2,1-2H3. The van der Waals surface area contributed by atoms with E-state index in [9.17, 15) is 4.57 Å². The van der Waals surface area contributed by atoms with Crippen LogP contribution in [-0.4, -0.2) is 5.66 Å². The lowest BCUT2D eigenvalue weighted by molar-refractivity contribution is 0.471. The van der Waals surface area contributed by atoms with Crippen LogP contribution in [0.4, 0.5) is 0 Å². The average Bonchev–Trinajstić information content (AvgIpc) is 2.49. The third kappa shape index (κ3) is 1.91. The second-order valence-corrected chi connectivity index (χ2v) is 7.76. The highest BCUT2D eigenvalue weighted by Crippen LogP contribution is 2.59. The van der Waals surface area contributed by atoms with Crippen LogP contribution in [0.1, 0.15) is 26.7 Å². The van der Waals surface area contributed by atoms with Gasteiger partial charge in [-0.25, -0.2) is 0 Å². The third-order valence-electron chi connectivity index (χ3n) is 4.07. The van der Waals surface area contributed by atoms with Gasteiger partial charge in [-0.3, -0.25) is 4.57 Å². The molecule has 3 rings (SSSR count). The molecule has 1 atom stereocenters. The maximum absolute atomic E-state index is 13.6. The van der Waals surface area contributed by atoms with Gasteiger partial charge in [0.05, 0.1) is 11.0 Å². The first kappa shape index (κ1) is 13.5. The predicted molar refractivity (Wildman–Crippen MR) is 84.1 cm³/mol. The summed E-state index contributed by atoms with van der Waals surface area (Å²) in [5.41, 5.74) is 2.18. The Balaban J connectivity index is 2.26. The first-order valence-corrected chi connectivity index (χ1v) is 8.88. The minimum absolute atomic E-state index is 0.0806. The number of para-hydroxylation sites is 1. The van der Waals surface area contributed by atoms with Crippen molar-refractivity contribution in [2.24, 2.45) is 0 Å². The molecule has 0 aromatic heterocycles. The fraction of sp³-hybridized carbons (Fsp3) is 0.294.